The molecule has 2 heterocycles. The molecule has 2 aliphatic heterocycles. The van der Waals surface area contributed by atoms with Crippen LogP contribution in [0.1, 0.15) is 142 Å². The van der Waals surface area contributed by atoms with Crippen molar-refractivity contribution in [2.45, 2.75) is 155 Å². The fourth-order valence-corrected chi connectivity index (χ4v) is 22.4. The van der Waals surface area contributed by atoms with Gasteiger partial charge in [0.25, 0.3) is 0 Å². The lowest BCUT2D eigenvalue weighted by molar-refractivity contribution is 0.620. The maximum atomic E-state index is 15.7. The highest BCUT2D eigenvalue weighted by Crippen LogP contribution is 2.55. The maximum Gasteiger partial charge on any atom is 0.137 e. The molecule has 4 heteroatoms. The van der Waals surface area contributed by atoms with Crippen molar-refractivity contribution in [3.63, 3.8) is 0 Å². The molecule has 2 aromatic carbocycles. The topological polar surface area (TPSA) is 0 Å². The Morgan fingerprint density at radius 3 is 1.43 bits per heavy atom. The van der Waals surface area contributed by atoms with E-state index in [1.807, 2.05) is 11.3 Å². The first-order valence-corrected chi connectivity index (χ1v) is 23.8. The number of fused-ring (bicyclic) bond motifs is 4. The number of benzene rings is 2. The van der Waals surface area contributed by atoms with Crippen LogP contribution in [-0.2, 0) is 0 Å². The van der Waals surface area contributed by atoms with Gasteiger partial charge in [0.2, 0.25) is 0 Å². The van der Waals surface area contributed by atoms with Crippen LogP contribution >= 0.6 is 22.6 Å². The van der Waals surface area contributed by atoms with E-state index in [-0.39, 0.29) is 5.82 Å². The Hall–Kier alpha value is -0.726. The summed E-state index contributed by atoms with van der Waals surface area (Å²) >= 11 is 2.29. The zero-order valence-electron chi connectivity index (χ0n) is 27.4. The third kappa shape index (κ3) is 7.06. The molecule has 0 amide bonds. The molecule has 0 N–H and O–H groups in total. The van der Waals surface area contributed by atoms with Gasteiger partial charge in [-0.25, -0.2) is 4.39 Å². The molecule has 232 valence electrons. The van der Waals surface area contributed by atoms with Crippen LogP contribution in [0.3, 0.4) is 0 Å². The molecule has 0 unspecified atom stereocenters. The van der Waals surface area contributed by atoms with Crippen LogP contribution < -0.4 is 10.4 Å². The highest BCUT2D eigenvalue weighted by Gasteiger charge is 2.57. The van der Waals surface area contributed by atoms with Crippen molar-refractivity contribution in [1.29, 1.82) is 0 Å². The van der Waals surface area contributed by atoms with Gasteiger partial charge in [-0.05, 0) is 90.8 Å². The molecule has 0 spiro atoms. The summed E-state index contributed by atoms with van der Waals surface area (Å²) in [5.41, 5.74) is 3.03. The van der Waals surface area contributed by atoms with E-state index in [1.165, 1.54) is 132 Å². The van der Waals surface area contributed by atoms with Crippen LogP contribution in [0.5, 0.6) is 0 Å². The normalized spacial score (nSPS) is 16.1. The molecule has 2 aromatic rings. The summed E-state index contributed by atoms with van der Waals surface area (Å²) in [5.74, 6) is 0.0128. The van der Waals surface area contributed by atoms with Gasteiger partial charge >= 0.3 is 0 Å². The Morgan fingerprint density at radius 1 is 0.524 bits per heavy atom. The minimum atomic E-state index is -2.04. The summed E-state index contributed by atoms with van der Waals surface area (Å²) in [4.78, 5) is 0. The molecule has 42 heavy (non-hydrogen) atoms. The first kappa shape index (κ1) is 34.2. The molecule has 0 radical (unpaired) electrons. The van der Waals surface area contributed by atoms with Crippen molar-refractivity contribution in [3.05, 3.63) is 56.9 Å². The van der Waals surface area contributed by atoms with Crippen molar-refractivity contribution in [2.75, 3.05) is 0 Å². The lowest BCUT2D eigenvalue weighted by atomic mass is 10.1. The lowest BCUT2D eigenvalue weighted by Gasteiger charge is -2.35. The van der Waals surface area contributed by atoms with E-state index in [0.717, 1.165) is 3.57 Å². The number of hydrogen-bond acceptors (Lipinski definition) is 0. The summed E-state index contributed by atoms with van der Waals surface area (Å²) in [7, 11) is -4.07. The van der Waals surface area contributed by atoms with Crippen molar-refractivity contribution < 1.29 is 4.39 Å². The number of hydrogen-bond donors (Lipinski definition) is 0. The van der Waals surface area contributed by atoms with Gasteiger partial charge in [-0.3, -0.25) is 0 Å². The average molecular weight is 717 g/mol. The van der Waals surface area contributed by atoms with Crippen LogP contribution in [0, 0.1) is 9.39 Å². The van der Waals surface area contributed by atoms with Gasteiger partial charge in [0, 0.05) is 3.57 Å². The lowest BCUT2D eigenvalue weighted by Crippen LogP contribution is -2.51. The fraction of sp³-hybridized carbons (Fsp3) is 0.632. The van der Waals surface area contributed by atoms with Crippen LogP contribution in [-0.4, -0.2) is 16.1 Å². The molecule has 0 nitrogen and oxygen atoms in total. The molecule has 0 atom stereocenters. The van der Waals surface area contributed by atoms with Gasteiger partial charge < -0.3 is 0 Å². The molecular weight excluding hydrogens is 658 g/mol. The largest absolute Gasteiger partial charge is 0.206 e. The van der Waals surface area contributed by atoms with E-state index in [0.29, 0.717) is 0 Å². The van der Waals surface area contributed by atoms with Gasteiger partial charge in [-0.2, -0.15) is 0 Å². The molecular formula is C38H58FISi2. The number of rotatable bonds is 20. The molecule has 0 aromatic heterocycles. The fourth-order valence-electron chi connectivity index (χ4n) is 8.50. The highest BCUT2D eigenvalue weighted by atomic mass is 127. The molecule has 0 fully saturated rings. The molecule has 0 saturated carbocycles. The smallest absolute Gasteiger partial charge is 0.137 e. The van der Waals surface area contributed by atoms with Crippen molar-refractivity contribution >= 4 is 59.5 Å². The summed E-state index contributed by atoms with van der Waals surface area (Å²) in [6.45, 7) is 9.33. The number of halogens is 2. The predicted octanol–water partition coefficient (Wildman–Crippen LogP) is 12.1. The van der Waals surface area contributed by atoms with E-state index >= 15 is 4.39 Å². The van der Waals surface area contributed by atoms with Gasteiger partial charge in [-0.15, -0.1) is 0 Å². The Morgan fingerprint density at radius 2 is 0.952 bits per heavy atom. The third-order valence-corrected chi connectivity index (χ3v) is 22.4. The SMILES string of the molecule is CCCCCC[Si]1(CCCCCC)C2=C(c3ccccc31)[Si](CCCCCC)(CCCCCC)c1cc(I)c(F)cc12. The minimum absolute atomic E-state index is 0.0128. The van der Waals surface area contributed by atoms with Crippen LogP contribution in [0.15, 0.2) is 36.4 Å². The van der Waals surface area contributed by atoms with E-state index in [2.05, 4.69) is 80.6 Å². The van der Waals surface area contributed by atoms with E-state index in [1.54, 1.807) is 21.1 Å². The summed E-state index contributed by atoms with van der Waals surface area (Å²) in [6, 6.07) is 19.6. The monoisotopic (exact) mass is 716 g/mol. The maximum absolute atomic E-state index is 15.7. The molecule has 2 aliphatic rings. The second-order valence-electron chi connectivity index (χ2n) is 13.5. The van der Waals surface area contributed by atoms with Gasteiger partial charge in [0.05, 0.1) is 0 Å². The molecule has 0 bridgehead atoms. The van der Waals surface area contributed by atoms with E-state index in [9.17, 15) is 0 Å². The number of unbranched alkanes of at least 4 members (excludes halogenated alkanes) is 12. The predicted molar refractivity (Wildman–Crippen MR) is 199 cm³/mol. The average Bonchev–Trinajstić information content (AvgIpc) is 3.43. The molecule has 0 saturated heterocycles. The first-order chi connectivity index (χ1) is 20.5. The first-order valence-electron chi connectivity index (χ1n) is 17.9. The summed E-state index contributed by atoms with van der Waals surface area (Å²) in [6.07, 6.45) is 21.2. The van der Waals surface area contributed by atoms with Gasteiger partial charge in [0.1, 0.15) is 22.0 Å². The van der Waals surface area contributed by atoms with Crippen LogP contribution in [0.25, 0.3) is 10.4 Å². The van der Waals surface area contributed by atoms with Crippen molar-refractivity contribution in [3.8, 4) is 0 Å². The highest BCUT2D eigenvalue weighted by molar-refractivity contribution is 14.1. The Balaban J connectivity index is 1.93. The quantitative estimate of drug-likeness (QED) is 0.0727. The second-order valence-corrected chi connectivity index (χ2v) is 23.1. The van der Waals surface area contributed by atoms with Crippen LogP contribution in [0.4, 0.5) is 4.39 Å². The third-order valence-electron chi connectivity index (χ3n) is 10.6. The Labute approximate surface area is 273 Å². The Kier molecular flexibility index (Phi) is 13.5. The van der Waals surface area contributed by atoms with E-state index in [4.69, 9.17) is 0 Å². The zero-order chi connectivity index (χ0) is 30.0. The van der Waals surface area contributed by atoms with Crippen LogP contribution in [0.2, 0.25) is 24.2 Å². The van der Waals surface area contributed by atoms with Gasteiger partial charge in [-0.1, -0.05) is 155 Å². The molecule has 0 aliphatic carbocycles. The van der Waals surface area contributed by atoms with E-state index < -0.39 is 16.1 Å². The standard InChI is InChI=1S/C38H58FISi2/c1-5-9-13-19-25-41(26-20-14-10-6-2)35-24-18-17-23-31(35)37-38(41)32-29-33(39)34(40)30-36(32)42(37,27-21-15-11-7-3)28-22-16-12-8-4/h17-18,23-24,29-30H,5-16,19-22,25-28H2,1-4H3. The van der Waals surface area contributed by atoms with Crippen molar-refractivity contribution in [2.24, 2.45) is 0 Å². The minimum Gasteiger partial charge on any atom is -0.206 e. The Bertz CT molecular complexity index is 1160. The molecule has 4 rings (SSSR count). The summed E-state index contributed by atoms with van der Waals surface area (Å²) in [5, 5.41) is 6.95. The van der Waals surface area contributed by atoms with Gasteiger partial charge in [0.15, 0.2) is 0 Å². The summed E-state index contributed by atoms with van der Waals surface area (Å²) < 4.78 is 16.5. The zero-order valence-corrected chi connectivity index (χ0v) is 31.5. The second kappa shape index (κ2) is 16.5. The van der Waals surface area contributed by atoms with Crippen molar-refractivity contribution in [1.82, 2.24) is 0 Å².